The molecule has 0 radical (unpaired) electrons. The van der Waals surface area contributed by atoms with E-state index in [1.165, 1.54) is 12.1 Å². The third-order valence-electron chi connectivity index (χ3n) is 7.08. The molecule has 0 N–H and O–H groups in total. The fraction of sp³-hybridized carbons (Fsp3) is 0.0811. The molecule has 6 aromatic carbocycles. The van der Waals surface area contributed by atoms with E-state index in [-0.39, 0.29) is 0 Å². The zero-order valence-corrected chi connectivity index (χ0v) is 22.6. The lowest BCUT2D eigenvalue weighted by molar-refractivity contribution is -0.137. The van der Waals surface area contributed by atoms with E-state index in [0.717, 1.165) is 50.4 Å². The average molecular weight is 561 g/mol. The average Bonchev–Trinajstić information content (AvgIpc) is 3.01. The van der Waals surface area contributed by atoms with E-state index in [2.05, 4.69) is 18.2 Å². The Hall–Kier alpha value is -5.03. The van der Waals surface area contributed by atoms with Gasteiger partial charge in [-0.05, 0) is 74.8 Å². The highest BCUT2D eigenvalue weighted by atomic mass is 19.4. The van der Waals surface area contributed by atoms with Crippen molar-refractivity contribution in [1.82, 2.24) is 0 Å². The molecule has 0 saturated carbocycles. The van der Waals surface area contributed by atoms with Crippen molar-refractivity contribution in [2.45, 2.75) is 19.4 Å². The van der Waals surface area contributed by atoms with Crippen molar-refractivity contribution in [2.24, 2.45) is 0 Å². The molecule has 208 valence electrons. The number of ether oxygens (including phenoxy) is 2. The molecule has 42 heavy (non-hydrogen) atoms. The van der Waals surface area contributed by atoms with Crippen LogP contribution in [0, 0.1) is 0 Å². The first kappa shape index (κ1) is 27.2. The summed E-state index contributed by atoms with van der Waals surface area (Å²) in [6, 6.07) is 39.5. The molecule has 0 spiro atoms. The monoisotopic (exact) mass is 560 g/mol. The van der Waals surface area contributed by atoms with Gasteiger partial charge in [0, 0.05) is 5.39 Å². The van der Waals surface area contributed by atoms with Gasteiger partial charge in [-0.15, -0.1) is 0 Å². The first-order valence-electron chi connectivity index (χ1n) is 13.6. The van der Waals surface area contributed by atoms with Gasteiger partial charge < -0.3 is 9.47 Å². The number of alkyl halides is 3. The topological polar surface area (TPSA) is 18.5 Å². The Balaban J connectivity index is 1.34. The van der Waals surface area contributed by atoms with Gasteiger partial charge in [-0.3, -0.25) is 0 Å². The van der Waals surface area contributed by atoms with Crippen molar-refractivity contribution in [3.63, 3.8) is 0 Å². The first-order valence-corrected chi connectivity index (χ1v) is 13.6. The lowest BCUT2D eigenvalue weighted by atomic mass is 10.00. The molecular formula is C37H27F3O2. The van der Waals surface area contributed by atoms with Crippen molar-refractivity contribution in [3.8, 4) is 11.5 Å². The van der Waals surface area contributed by atoms with E-state index in [0.29, 0.717) is 30.3 Å². The van der Waals surface area contributed by atoms with Gasteiger partial charge in [0.2, 0.25) is 0 Å². The van der Waals surface area contributed by atoms with Crippen molar-refractivity contribution >= 4 is 33.7 Å². The summed E-state index contributed by atoms with van der Waals surface area (Å²) >= 11 is 0. The van der Waals surface area contributed by atoms with Crippen LogP contribution in [0.1, 0.15) is 27.8 Å². The molecule has 0 aromatic heterocycles. The summed E-state index contributed by atoms with van der Waals surface area (Å²) in [5, 5.41) is 4.06. The normalized spacial score (nSPS) is 11.8. The quantitative estimate of drug-likeness (QED) is 0.136. The maximum absolute atomic E-state index is 12.9. The fourth-order valence-corrected chi connectivity index (χ4v) is 4.85. The minimum absolute atomic E-state index is 0.398. The van der Waals surface area contributed by atoms with Crippen LogP contribution in [0.25, 0.3) is 33.7 Å². The van der Waals surface area contributed by atoms with Gasteiger partial charge in [0.05, 0.1) is 5.56 Å². The highest BCUT2D eigenvalue weighted by molar-refractivity contribution is 6.02. The zero-order valence-electron chi connectivity index (χ0n) is 22.6. The predicted octanol–water partition coefficient (Wildman–Crippen LogP) is 10.3. The van der Waals surface area contributed by atoms with E-state index >= 15 is 0 Å². The molecule has 6 aromatic rings. The molecule has 0 heterocycles. The zero-order chi connectivity index (χ0) is 28.9. The Morgan fingerprint density at radius 3 is 1.79 bits per heavy atom. The highest BCUT2D eigenvalue weighted by Crippen LogP contribution is 2.39. The van der Waals surface area contributed by atoms with Crippen LogP contribution < -0.4 is 9.47 Å². The third-order valence-corrected chi connectivity index (χ3v) is 7.08. The Bertz CT molecular complexity index is 1840. The SMILES string of the molecule is FC(F)(F)c1ccc(/C=C/c2ccc3cc4ccc(OCc5ccccc5)c(OCc5ccccc5)c4cc3c2)cc1. The maximum atomic E-state index is 12.9. The number of benzene rings is 6. The third kappa shape index (κ3) is 6.31. The molecule has 0 bridgehead atoms. The Kier molecular flexibility index (Phi) is 7.65. The van der Waals surface area contributed by atoms with Gasteiger partial charge in [-0.1, -0.05) is 103 Å². The summed E-state index contributed by atoms with van der Waals surface area (Å²) in [7, 11) is 0. The van der Waals surface area contributed by atoms with Crippen LogP contribution in [0.15, 0.2) is 127 Å². The second-order valence-electron chi connectivity index (χ2n) is 10.1. The molecule has 0 amide bonds. The lowest BCUT2D eigenvalue weighted by Gasteiger charge is -2.16. The lowest BCUT2D eigenvalue weighted by Crippen LogP contribution is -2.03. The Morgan fingerprint density at radius 2 is 1.12 bits per heavy atom. The molecule has 0 fully saturated rings. The van der Waals surface area contributed by atoms with E-state index < -0.39 is 11.7 Å². The molecule has 0 saturated heterocycles. The molecule has 0 atom stereocenters. The minimum Gasteiger partial charge on any atom is -0.485 e. The van der Waals surface area contributed by atoms with Gasteiger partial charge in [0.25, 0.3) is 0 Å². The Morgan fingerprint density at radius 1 is 0.524 bits per heavy atom. The van der Waals surface area contributed by atoms with Gasteiger partial charge in [-0.25, -0.2) is 0 Å². The molecule has 2 nitrogen and oxygen atoms in total. The van der Waals surface area contributed by atoms with E-state index in [4.69, 9.17) is 9.47 Å². The molecule has 6 rings (SSSR count). The van der Waals surface area contributed by atoms with Crippen molar-refractivity contribution in [1.29, 1.82) is 0 Å². The standard InChI is InChI=1S/C37H27F3O2/c38-37(39,40)33-18-14-26(15-19-33)11-12-27-13-16-30-22-31-17-20-35(41-24-28-7-3-1-4-8-28)36(34(31)23-32(30)21-27)42-25-29-9-5-2-6-10-29/h1-23H,24-25H2/b12-11+. The van der Waals surface area contributed by atoms with Gasteiger partial charge in [-0.2, -0.15) is 13.2 Å². The molecule has 0 aliphatic carbocycles. The number of hydrogen-bond acceptors (Lipinski definition) is 2. The number of fused-ring (bicyclic) bond motifs is 2. The summed E-state index contributed by atoms with van der Waals surface area (Å²) in [5.41, 5.74) is 3.09. The second kappa shape index (κ2) is 11.8. The maximum Gasteiger partial charge on any atom is 0.416 e. The largest absolute Gasteiger partial charge is 0.485 e. The van der Waals surface area contributed by atoms with E-state index in [1.54, 1.807) is 0 Å². The van der Waals surface area contributed by atoms with Crippen LogP contribution in [-0.4, -0.2) is 0 Å². The van der Waals surface area contributed by atoms with Gasteiger partial charge in [0.15, 0.2) is 11.5 Å². The predicted molar refractivity (Wildman–Crippen MR) is 163 cm³/mol. The van der Waals surface area contributed by atoms with Crippen molar-refractivity contribution in [3.05, 3.63) is 155 Å². The summed E-state index contributed by atoms with van der Waals surface area (Å²) in [5.74, 6) is 1.35. The number of rotatable bonds is 8. The van der Waals surface area contributed by atoms with Crippen LogP contribution in [0.3, 0.4) is 0 Å². The van der Waals surface area contributed by atoms with Crippen LogP contribution in [0.4, 0.5) is 13.2 Å². The molecule has 0 aliphatic heterocycles. The van der Waals surface area contributed by atoms with Crippen molar-refractivity contribution in [2.75, 3.05) is 0 Å². The number of hydrogen-bond donors (Lipinski definition) is 0. The van der Waals surface area contributed by atoms with Crippen LogP contribution in [0.5, 0.6) is 11.5 Å². The van der Waals surface area contributed by atoms with Crippen LogP contribution >= 0.6 is 0 Å². The van der Waals surface area contributed by atoms with Gasteiger partial charge in [0.1, 0.15) is 13.2 Å². The van der Waals surface area contributed by atoms with Crippen molar-refractivity contribution < 1.29 is 22.6 Å². The summed E-state index contributed by atoms with van der Waals surface area (Å²) in [6.07, 6.45) is -0.635. The smallest absolute Gasteiger partial charge is 0.416 e. The van der Waals surface area contributed by atoms with Gasteiger partial charge >= 0.3 is 6.18 Å². The summed E-state index contributed by atoms with van der Waals surface area (Å²) < 4.78 is 51.4. The molecular weight excluding hydrogens is 533 g/mol. The summed E-state index contributed by atoms with van der Waals surface area (Å²) in [4.78, 5) is 0. The highest BCUT2D eigenvalue weighted by Gasteiger charge is 2.29. The van der Waals surface area contributed by atoms with E-state index in [1.807, 2.05) is 97.1 Å². The Labute approximate surface area is 242 Å². The second-order valence-corrected chi connectivity index (χ2v) is 10.1. The first-order chi connectivity index (χ1) is 20.4. The summed E-state index contributed by atoms with van der Waals surface area (Å²) in [6.45, 7) is 0.816. The minimum atomic E-state index is -4.35. The van der Waals surface area contributed by atoms with E-state index in [9.17, 15) is 13.2 Å². The fourth-order valence-electron chi connectivity index (χ4n) is 4.85. The number of halogens is 3. The van der Waals surface area contributed by atoms with Crippen LogP contribution in [0.2, 0.25) is 0 Å². The molecule has 0 unspecified atom stereocenters. The van der Waals surface area contributed by atoms with Crippen LogP contribution in [-0.2, 0) is 19.4 Å². The molecule has 0 aliphatic rings. The molecule has 5 heteroatoms.